The van der Waals surface area contributed by atoms with Crippen LogP contribution >= 0.6 is 0 Å². The van der Waals surface area contributed by atoms with Crippen LogP contribution in [-0.2, 0) is 4.79 Å². The predicted molar refractivity (Wildman–Crippen MR) is 85.3 cm³/mol. The minimum atomic E-state index is -0.504. The van der Waals surface area contributed by atoms with E-state index >= 15 is 0 Å². The SMILES string of the molecule is C[C@H]1CC[C@@H](C#N)N1C(=O)CNC12C[C@@H]3C[C@@H](CC(O)(C3)C1)C2. The van der Waals surface area contributed by atoms with Gasteiger partial charge in [0, 0.05) is 11.6 Å². The van der Waals surface area contributed by atoms with E-state index in [4.69, 9.17) is 0 Å². The second-order valence-electron chi connectivity index (χ2n) is 8.69. The van der Waals surface area contributed by atoms with Crippen molar-refractivity contribution >= 4 is 5.91 Å². The normalized spacial score (nSPS) is 47.8. The van der Waals surface area contributed by atoms with Crippen molar-refractivity contribution in [3.8, 4) is 6.07 Å². The molecule has 5 fully saturated rings. The van der Waals surface area contributed by atoms with E-state index in [0.717, 1.165) is 44.9 Å². The van der Waals surface area contributed by atoms with E-state index < -0.39 is 5.60 Å². The van der Waals surface area contributed by atoms with Gasteiger partial charge in [-0.25, -0.2) is 0 Å². The number of amides is 1. The monoisotopic (exact) mass is 317 g/mol. The maximum Gasteiger partial charge on any atom is 0.237 e. The van der Waals surface area contributed by atoms with E-state index in [1.807, 2.05) is 6.92 Å². The fourth-order valence-electron chi connectivity index (χ4n) is 6.31. The van der Waals surface area contributed by atoms with E-state index in [-0.39, 0.29) is 23.5 Å². The van der Waals surface area contributed by atoms with Gasteiger partial charge in [0.2, 0.25) is 5.91 Å². The van der Waals surface area contributed by atoms with Gasteiger partial charge in [0.1, 0.15) is 6.04 Å². The Morgan fingerprint density at radius 1 is 1.30 bits per heavy atom. The second-order valence-corrected chi connectivity index (χ2v) is 8.69. The molecule has 0 aromatic heterocycles. The summed E-state index contributed by atoms with van der Waals surface area (Å²) < 4.78 is 0. The molecule has 23 heavy (non-hydrogen) atoms. The van der Waals surface area contributed by atoms with Gasteiger partial charge in [0.25, 0.3) is 0 Å². The Morgan fingerprint density at radius 3 is 2.61 bits per heavy atom. The molecule has 4 bridgehead atoms. The summed E-state index contributed by atoms with van der Waals surface area (Å²) in [5.41, 5.74) is -0.560. The summed E-state index contributed by atoms with van der Waals surface area (Å²) in [7, 11) is 0. The minimum Gasteiger partial charge on any atom is -0.390 e. The average Bonchev–Trinajstić information content (AvgIpc) is 2.83. The van der Waals surface area contributed by atoms with Crippen molar-refractivity contribution in [3.63, 3.8) is 0 Å². The number of likely N-dealkylation sites (tertiary alicyclic amines) is 1. The van der Waals surface area contributed by atoms with Gasteiger partial charge in [-0.2, -0.15) is 5.26 Å². The highest BCUT2D eigenvalue weighted by molar-refractivity contribution is 5.79. The lowest BCUT2D eigenvalue weighted by Crippen LogP contribution is -2.65. The molecule has 1 saturated heterocycles. The van der Waals surface area contributed by atoms with Crippen LogP contribution in [0.2, 0.25) is 0 Å². The third-order valence-corrected chi connectivity index (χ3v) is 6.75. The van der Waals surface area contributed by atoms with Gasteiger partial charge in [-0.3, -0.25) is 4.79 Å². The van der Waals surface area contributed by atoms with Crippen LogP contribution in [0.25, 0.3) is 0 Å². The number of hydrogen-bond donors (Lipinski definition) is 2. The largest absolute Gasteiger partial charge is 0.390 e. The first-order chi connectivity index (χ1) is 10.9. The molecule has 2 unspecified atom stereocenters. The first kappa shape index (κ1) is 15.4. The molecule has 4 aliphatic carbocycles. The van der Waals surface area contributed by atoms with Gasteiger partial charge in [0.15, 0.2) is 0 Å². The molecule has 5 rings (SSSR count). The van der Waals surface area contributed by atoms with Crippen LogP contribution in [0.15, 0.2) is 0 Å². The summed E-state index contributed by atoms with van der Waals surface area (Å²) in [6, 6.07) is 2.16. The van der Waals surface area contributed by atoms with Crippen molar-refractivity contribution < 1.29 is 9.90 Å². The zero-order valence-electron chi connectivity index (χ0n) is 13.9. The number of nitrogens with one attached hydrogen (secondary N) is 1. The number of nitrogens with zero attached hydrogens (tertiary/aromatic N) is 2. The second kappa shape index (κ2) is 5.19. The smallest absolute Gasteiger partial charge is 0.237 e. The summed E-state index contributed by atoms with van der Waals surface area (Å²) in [4.78, 5) is 14.4. The Morgan fingerprint density at radius 2 is 2.00 bits per heavy atom. The quantitative estimate of drug-likeness (QED) is 0.828. The third kappa shape index (κ3) is 2.56. The summed E-state index contributed by atoms with van der Waals surface area (Å²) in [6.07, 6.45) is 7.82. The summed E-state index contributed by atoms with van der Waals surface area (Å²) in [6.45, 7) is 2.33. The molecule has 0 aromatic rings. The number of aliphatic hydroxyl groups is 1. The fraction of sp³-hybridized carbons (Fsp3) is 0.889. The summed E-state index contributed by atoms with van der Waals surface area (Å²) in [5, 5.41) is 23.6. The topological polar surface area (TPSA) is 76.4 Å². The maximum absolute atomic E-state index is 12.6. The molecule has 126 valence electrons. The van der Waals surface area contributed by atoms with Crippen molar-refractivity contribution in [3.05, 3.63) is 0 Å². The standard InChI is InChI=1S/C18H27N3O2/c1-12-2-3-15(9-19)21(12)16(22)10-20-17-5-13-4-14(6-17)8-18(23,7-13)11-17/h12-15,20,23H,2-8,10-11H2,1H3/t12-,13-,14+,15-,17?,18?/m0/s1. The molecular weight excluding hydrogens is 290 g/mol. The lowest BCUT2D eigenvalue weighted by molar-refractivity contribution is -0.147. The molecule has 2 N–H and O–H groups in total. The van der Waals surface area contributed by atoms with Crippen molar-refractivity contribution in [1.82, 2.24) is 10.2 Å². The summed E-state index contributed by atoms with van der Waals surface area (Å²) >= 11 is 0. The van der Waals surface area contributed by atoms with Gasteiger partial charge in [0.05, 0.1) is 18.2 Å². The zero-order chi connectivity index (χ0) is 16.2. The Labute approximate surface area is 138 Å². The van der Waals surface area contributed by atoms with Crippen molar-refractivity contribution in [2.45, 2.75) is 81.5 Å². The third-order valence-electron chi connectivity index (χ3n) is 6.75. The zero-order valence-corrected chi connectivity index (χ0v) is 13.9. The van der Waals surface area contributed by atoms with Gasteiger partial charge in [-0.05, 0) is 70.1 Å². The average molecular weight is 317 g/mol. The summed E-state index contributed by atoms with van der Waals surface area (Å²) in [5.74, 6) is 1.27. The predicted octanol–water partition coefficient (Wildman–Crippen LogP) is 1.56. The van der Waals surface area contributed by atoms with E-state index in [1.165, 1.54) is 6.42 Å². The molecule has 0 aromatic carbocycles. The lowest BCUT2D eigenvalue weighted by atomic mass is 9.51. The van der Waals surface area contributed by atoms with Crippen LogP contribution in [0.4, 0.5) is 0 Å². The number of carbonyl (C=O) groups is 1. The minimum absolute atomic E-state index is 0.0456. The van der Waals surface area contributed by atoms with Gasteiger partial charge < -0.3 is 15.3 Å². The Hall–Kier alpha value is -1.12. The maximum atomic E-state index is 12.6. The molecule has 5 nitrogen and oxygen atoms in total. The molecule has 0 spiro atoms. The molecule has 1 heterocycles. The van der Waals surface area contributed by atoms with Crippen LogP contribution in [-0.4, -0.2) is 45.7 Å². The van der Waals surface area contributed by atoms with Crippen LogP contribution in [0, 0.1) is 23.2 Å². The van der Waals surface area contributed by atoms with Crippen LogP contribution in [0.1, 0.15) is 58.3 Å². The van der Waals surface area contributed by atoms with E-state index in [1.54, 1.807) is 4.90 Å². The van der Waals surface area contributed by atoms with Crippen molar-refractivity contribution in [1.29, 1.82) is 5.26 Å². The van der Waals surface area contributed by atoms with Crippen LogP contribution in [0.5, 0.6) is 0 Å². The Bertz CT molecular complexity index is 541. The number of nitriles is 1. The number of hydrogen-bond acceptors (Lipinski definition) is 4. The molecule has 0 radical (unpaired) electrons. The first-order valence-corrected chi connectivity index (χ1v) is 9.10. The number of carbonyl (C=O) groups excluding carboxylic acids is 1. The number of rotatable bonds is 3. The van der Waals surface area contributed by atoms with Crippen molar-refractivity contribution in [2.24, 2.45) is 11.8 Å². The van der Waals surface area contributed by atoms with Crippen LogP contribution in [0.3, 0.4) is 0 Å². The van der Waals surface area contributed by atoms with Gasteiger partial charge in [-0.1, -0.05) is 0 Å². The highest BCUT2D eigenvalue weighted by Crippen LogP contribution is 2.57. The van der Waals surface area contributed by atoms with Crippen molar-refractivity contribution in [2.75, 3.05) is 6.54 Å². The molecule has 6 atom stereocenters. The van der Waals surface area contributed by atoms with Crippen LogP contribution < -0.4 is 5.32 Å². The highest BCUT2D eigenvalue weighted by Gasteiger charge is 2.57. The fourth-order valence-corrected chi connectivity index (χ4v) is 6.31. The van der Waals surface area contributed by atoms with E-state index in [9.17, 15) is 15.2 Å². The molecule has 5 heteroatoms. The molecular formula is C18H27N3O2. The molecule has 5 aliphatic rings. The van der Waals surface area contributed by atoms with E-state index in [2.05, 4.69) is 11.4 Å². The highest BCUT2D eigenvalue weighted by atomic mass is 16.3. The first-order valence-electron chi connectivity index (χ1n) is 9.10. The van der Waals surface area contributed by atoms with Gasteiger partial charge >= 0.3 is 0 Å². The Kier molecular flexibility index (Phi) is 3.48. The van der Waals surface area contributed by atoms with E-state index in [0.29, 0.717) is 18.4 Å². The molecule has 1 amide bonds. The van der Waals surface area contributed by atoms with Gasteiger partial charge in [-0.15, -0.1) is 0 Å². The molecule has 4 saturated carbocycles. The Balaban J connectivity index is 1.43. The lowest BCUT2D eigenvalue weighted by Gasteiger charge is -2.60. The molecule has 1 aliphatic heterocycles.